The Kier molecular flexibility index (Phi) is 5.03. The van der Waals surface area contributed by atoms with E-state index in [0.29, 0.717) is 6.42 Å². The highest BCUT2D eigenvalue weighted by molar-refractivity contribution is 5.72. The van der Waals surface area contributed by atoms with E-state index in [4.69, 9.17) is 0 Å². The molecule has 0 saturated heterocycles. The lowest BCUT2D eigenvalue weighted by atomic mass is 10.1. The molecule has 0 N–H and O–H groups in total. The van der Waals surface area contributed by atoms with Crippen LogP contribution in [0.25, 0.3) is 0 Å². The first-order valence-electron chi connectivity index (χ1n) is 3.50. The zero-order valence-corrected chi connectivity index (χ0v) is 6.37. The van der Waals surface area contributed by atoms with Crippen LogP contribution in [-0.2, 0) is 9.59 Å². The van der Waals surface area contributed by atoms with E-state index < -0.39 is 12.0 Å². The molecule has 0 aromatic carbocycles. The zero-order chi connectivity index (χ0) is 8.69. The summed E-state index contributed by atoms with van der Waals surface area (Å²) >= 11 is 0. The Hall–Kier alpha value is -1.15. The second kappa shape index (κ2) is 5.62. The molecule has 1 atom stereocenters. The van der Waals surface area contributed by atoms with Crippen molar-refractivity contribution in [1.82, 2.24) is 0 Å². The molecule has 0 fully saturated rings. The maximum absolute atomic E-state index is 10.2. The van der Waals surface area contributed by atoms with Crippen LogP contribution >= 0.6 is 0 Å². The van der Waals surface area contributed by atoms with E-state index in [1.807, 2.05) is 6.92 Å². The monoisotopic (exact) mass is 156 g/mol. The van der Waals surface area contributed by atoms with Gasteiger partial charge in [0, 0.05) is 0 Å². The van der Waals surface area contributed by atoms with E-state index in [-0.39, 0.29) is 0 Å². The van der Waals surface area contributed by atoms with Crippen molar-refractivity contribution in [3.05, 3.63) is 0 Å². The van der Waals surface area contributed by atoms with Gasteiger partial charge in [-0.15, -0.1) is 0 Å². The van der Waals surface area contributed by atoms with Gasteiger partial charge in [-0.05, 0) is 6.42 Å². The normalized spacial score (nSPS) is 11.7. The molecule has 0 aliphatic carbocycles. The summed E-state index contributed by atoms with van der Waals surface area (Å²) < 4.78 is 0. The van der Waals surface area contributed by atoms with Gasteiger partial charge in [-0.3, -0.25) is 0 Å². The van der Waals surface area contributed by atoms with Crippen LogP contribution in [0.15, 0.2) is 4.99 Å². The maximum Gasteiger partial charge on any atom is 0.235 e. The highest BCUT2D eigenvalue weighted by atomic mass is 16.4. The second-order valence-electron chi connectivity index (χ2n) is 2.20. The van der Waals surface area contributed by atoms with Crippen molar-refractivity contribution < 1.29 is 14.7 Å². The van der Waals surface area contributed by atoms with Gasteiger partial charge in [-0.2, -0.15) is 4.99 Å². The number of carbonyl (C=O) groups excluding carboxylic acids is 2. The molecule has 0 amide bonds. The van der Waals surface area contributed by atoms with Gasteiger partial charge in [-0.25, -0.2) is 4.79 Å². The fourth-order valence-electron chi connectivity index (χ4n) is 0.696. The van der Waals surface area contributed by atoms with Crippen molar-refractivity contribution >= 4 is 12.0 Å². The maximum atomic E-state index is 10.2. The van der Waals surface area contributed by atoms with Crippen LogP contribution in [0.4, 0.5) is 0 Å². The molecule has 62 valence electrons. The molecule has 0 saturated carbocycles. The Balaban J connectivity index is 3.89. The first-order chi connectivity index (χ1) is 5.22. The third kappa shape index (κ3) is 4.28. The first-order valence-corrected chi connectivity index (χ1v) is 3.50. The molecule has 1 unspecified atom stereocenters. The minimum atomic E-state index is -1.30. The van der Waals surface area contributed by atoms with E-state index in [1.54, 1.807) is 0 Å². The van der Waals surface area contributed by atoms with Gasteiger partial charge in [0.1, 0.15) is 6.04 Å². The molecular formula is C7H10NO3-. The molecule has 0 aliphatic rings. The van der Waals surface area contributed by atoms with E-state index in [9.17, 15) is 14.7 Å². The van der Waals surface area contributed by atoms with E-state index >= 15 is 0 Å². The Bertz CT molecular complexity index is 171. The van der Waals surface area contributed by atoms with Crippen molar-refractivity contribution in [2.24, 2.45) is 4.99 Å². The summed E-state index contributed by atoms with van der Waals surface area (Å²) in [6, 6.07) is -1.01. The first kappa shape index (κ1) is 9.85. The lowest BCUT2D eigenvalue weighted by molar-refractivity contribution is -0.307. The molecule has 0 radical (unpaired) electrons. The van der Waals surface area contributed by atoms with Gasteiger partial charge in [-0.1, -0.05) is 19.8 Å². The number of aliphatic imine (C=N–C) groups is 1. The van der Waals surface area contributed by atoms with Crippen LogP contribution in [0.1, 0.15) is 26.2 Å². The molecule has 0 bridgehead atoms. The molecule has 4 nitrogen and oxygen atoms in total. The largest absolute Gasteiger partial charge is 0.548 e. The van der Waals surface area contributed by atoms with Crippen molar-refractivity contribution in [1.29, 1.82) is 0 Å². The Labute approximate surface area is 64.9 Å². The molecular weight excluding hydrogens is 146 g/mol. The van der Waals surface area contributed by atoms with Crippen LogP contribution in [0, 0.1) is 0 Å². The van der Waals surface area contributed by atoms with Gasteiger partial charge in [0.2, 0.25) is 6.08 Å². The van der Waals surface area contributed by atoms with Crippen molar-refractivity contribution in [3.8, 4) is 0 Å². The standard InChI is InChI=1S/C7H11NO3/c1-2-3-4-6(7(10)11)8-5-9/h6H,2-4H2,1H3,(H,10,11)/p-1. The summed E-state index contributed by atoms with van der Waals surface area (Å²) in [7, 11) is 0. The topological polar surface area (TPSA) is 69.6 Å². The van der Waals surface area contributed by atoms with Crippen LogP contribution < -0.4 is 5.11 Å². The zero-order valence-electron chi connectivity index (χ0n) is 6.37. The van der Waals surface area contributed by atoms with Crippen LogP contribution in [0.2, 0.25) is 0 Å². The number of hydrogen-bond acceptors (Lipinski definition) is 4. The average Bonchev–Trinajstić information content (AvgIpc) is 1.97. The summed E-state index contributed by atoms with van der Waals surface area (Å²) in [5.74, 6) is -1.30. The molecule has 0 aromatic heterocycles. The van der Waals surface area contributed by atoms with Crippen LogP contribution in [0.5, 0.6) is 0 Å². The highest BCUT2D eigenvalue weighted by Crippen LogP contribution is 2.02. The quantitative estimate of drug-likeness (QED) is 0.403. The molecule has 0 heterocycles. The summed E-state index contributed by atoms with van der Waals surface area (Å²) in [6.07, 6.45) is 3.17. The predicted molar refractivity (Wildman–Crippen MR) is 36.4 cm³/mol. The van der Waals surface area contributed by atoms with Gasteiger partial charge >= 0.3 is 0 Å². The van der Waals surface area contributed by atoms with Gasteiger partial charge in [0.25, 0.3) is 0 Å². The number of nitrogens with zero attached hydrogens (tertiary/aromatic N) is 1. The summed E-state index contributed by atoms with van der Waals surface area (Å²) in [5, 5.41) is 10.2. The van der Waals surface area contributed by atoms with E-state index in [1.165, 1.54) is 6.08 Å². The Morgan fingerprint density at radius 1 is 1.73 bits per heavy atom. The molecule has 11 heavy (non-hydrogen) atoms. The molecule has 0 rings (SSSR count). The van der Waals surface area contributed by atoms with Gasteiger partial charge in [0.15, 0.2) is 0 Å². The van der Waals surface area contributed by atoms with Crippen molar-refractivity contribution in [3.63, 3.8) is 0 Å². The van der Waals surface area contributed by atoms with E-state index in [2.05, 4.69) is 4.99 Å². The Morgan fingerprint density at radius 2 is 2.36 bits per heavy atom. The summed E-state index contributed by atoms with van der Waals surface area (Å²) in [5.41, 5.74) is 0. The SMILES string of the molecule is CCCCC(N=C=O)C(=O)[O-]. The lowest BCUT2D eigenvalue weighted by Crippen LogP contribution is -2.34. The number of carboxylic acids is 1. The second-order valence-corrected chi connectivity index (χ2v) is 2.20. The molecule has 0 aliphatic heterocycles. The number of hydrogen-bond donors (Lipinski definition) is 0. The smallest absolute Gasteiger partial charge is 0.235 e. The third-order valence-corrected chi connectivity index (χ3v) is 1.31. The highest BCUT2D eigenvalue weighted by Gasteiger charge is 2.05. The number of carboxylic acid groups (broad SMARTS) is 1. The fourth-order valence-corrected chi connectivity index (χ4v) is 0.696. The molecule has 0 aromatic rings. The average molecular weight is 156 g/mol. The Morgan fingerprint density at radius 3 is 2.73 bits per heavy atom. The molecule has 0 spiro atoms. The third-order valence-electron chi connectivity index (χ3n) is 1.31. The number of carbonyl (C=O) groups is 1. The summed E-state index contributed by atoms with van der Waals surface area (Å²) in [6.45, 7) is 1.93. The summed E-state index contributed by atoms with van der Waals surface area (Å²) in [4.78, 5) is 23.0. The minimum Gasteiger partial charge on any atom is -0.548 e. The van der Waals surface area contributed by atoms with Crippen LogP contribution in [0.3, 0.4) is 0 Å². The van der Waals surface area contributed by atoms with Crippen molar-refractivity contribution in [2.45, 2.75) is 32.2 Å². The lowest BCUT2D eigenvalue weighted by Gasteiger charge is -2.09. The van der Waals surface area contributed by atoms with E-state index in [0.717, 1.165) is 12.8 Å². The number of unbranched alkanes of at least 4 members (excludes halogenated alkanes) is 1. The number of rotatable bonds is 5. The van der Waals surface area contributed by atoms with Crippen LogP contribution in [-0.4, -0.2) is 18.1 Å². The fraction of sp³-hybridized carbons (Fsp3) is 0.714. The minimum absolute atomic E-state index is 0.355. The molecule has 4 heteroatoms. The number of isocyanates is 1. The van der Waals surface area contributed by atoms with Gasteiger partial charge < -0.3 is 9.90 Å². The number of aliphatic carboxylic acids is 1. The predicted octanol–water partition coefficient (Wildman–Crippen LogP) is -0.369. The van der Waals surface area contributed by atoms with Gasteiger partial charge in [0.05, 0.1) is 5.97 Å². The van der Waals surface area contributed by atoms with Crippen molar-refractivity contribution in [2.75, 3.05) is 0 Å².